The van der Waals surface area contributed by atoms with Crippen LogP contribution in [0.15, 0.2) is 66.2 Å². The zero-order valence-corrected chi connectivity index (χ0v) is 23.7. The van der Waals surface area contributed by atoms with Crippen molar-refractivity contribution in [2.45, 2.75) is 39.7 Å². The number of para-hydroxylation sites is 2. The van der Waals surface area contributed by atoms with Gasteiger partial charge < -0.3 is 24.1 Å². The smallest absolute Gasteiger partial charge is 0.300 e. The van der Waals surface area contributed by atoms with E-state index in [9.17, 15) is 14.7 Å². The maximum atomic E-state index is 13.7. The molecule has 0 saturated carbocycles. The van der Waals surface area contributed by atoms with E-state index in [1.165, 1.54) is 19.1 Å². The molecule has 8 nitrogen and oxygen atoms in total. The molecule has 3 aromatic carbocycles. The van der Waals surface area contributed by atoms with Crippen LogP contribution < -0.4 is 23.8 Å². The van der Waals surface area contributed by atoms with Gasteiger partial charge in [-0.05, 0) is 73.4 Å². The number of Topliss-reactive ketones (excluding diaryl/α,β-unsaturated/α-hetero) is 1. The molecule has 210 valence electrons. The minimum Gasteiger partial charge on any atom is -0.507 e. The summed E-state index contributed by atoms with van der Waals surface area (Å²) in [7, 11) is 3.04. The molecule has 1 amide bonds. The van der Waals surface area contributed by atoms with Crippen LogP contribution in [0, 0.1) is 0 Å². The van der Waals surface area contributed by atoms with Gasteiger partial charge in [0.1, 0.15) is 17.3 Å². The Morgan fingerprint density at radius 1 is 0.850 bits per heavy atom. The Bertz CT molecular complexity index is 1440. The average Bonchev–Trinajstić information content (AvgIpc) is 3.22. The standard InChI is InChI=1S/C32H35NO7/c1-7-39-24-15-14-21(17-22(24)19(3)4)30(34)28-29(20-13-16-26(38-6)27(18-20)40-8-2)33(32(36)31(28)35)23-11-9-10-12-25(23)37-5/h9-19,29,34H,7-8H2,1-6H3/b30-28+. The fourth-order valence-corrected chi connectivity index (χ4v) is 4.95. The molecule has 0 radical (unpaired) electrons. The minimum absolute atomic E-state index is 0.0395. The molecule has 1 aliphatic rings. The molecule has 0 aromatic heterocycles. The first kappa shape index (κ1) is 28.5. The Morgan fingerprint density at radius 3 is 2.15 bits per heavy atom. The Labute approximate surface area is 234 Å². The maximum absolute atomic E-state index is 13.7. The first-order valence-corrected chi connectivity index (χ1v) is 13.3. The van der Waals surface area contributed by atoms with Gasteiger partial charge in [-0.2, -0.15) is 0 Å². The van der Waals surface area contributed by atoms with Crippen molar-refractivity contribution in [3.8, 4) is 23.0 Å². The maximum Gasteiger partial charge on any atom is 0.300 e. The number of ketones is 1. The van der Waals surface area contributed by atoms with Crippen LogP contribution in [0.2, 0.25) is 0 Å². The van der Waals surface area contributed by atoms with Crippen molar-refractivity contribution in [2.75, 3.05) is 32.3 Å². The summed E-state index contributed by atoms with van der Waals surface area (Å²) in [6, 6.07) is 16.5. The number of ether oxygens (including phenoxy) is 4. The van der Waals surface area contributed by atoms with Crippen LogP contribution in [0.3, 0.4) is 0 Å². The lowest BCUT2D eigenvalue weighted by molar-refractivity contribution is -0.132. The van der Waals surface area contributed by atoms with Crippen LogP contribution in [0.5, 0.6) is 23.0 Å². The van der Waals surface area contributed by atoms with E-state index in [-0.39, 0.29) is 17.3 Å². The summed E-state index contributed by atoms with van der Waals surface area (Å²) >= 11 is 0. The number of carbonyl (C=O) groups is 2. The lowest BCUT2D eigenvalue weighted by Crippen LogP contribution is -2.29. The number of amides is 1. The molecule has 1 saturated heterocycles. The van der Waals surface area contributed by atoms with Gasteiger partial charge in [0.05, 0.1) is 44.7 Å². The van der Waals surface area contributed by atoms with Crippen LogP contribution >= 0.6 is 0 Å². The third-order valence-corrected chi connectivity index (χ3v) is 6.80. The number of aliphatic hydroxyl groups is 1. The third-order valence-electron chi connectivity index (χ3n) is 6.80. The Morgan fingerprint density at radius 2 is 1.50 bits per heavy atom. The summed E-state index contributed by atoms with van der Waals surface area (Å²) in [6.07, 6.45) is 0. The number of benzene rings is 3. The first-order valence-electron chi connectivity index (χ1n) is 13.3. The molecule has 0 aliphatic carbocycles. The second-order valence-corrected chi connectivity index (χ2v) is 9.52. The van der Waals surface area contributed by atoms with E-state index in [1.54, 1.807) is 60.7 Å². The number of hydrogen-bond donors (Lipinski definition) is 1. The Hall–Kier alpha value is -4.46. The highest BCUT2D eigenvalue weighted by molar-refractivity contribution is 6.52. The van der Waals surface area contributed by atoms with Crippen molar-refractivity contribution in [3.05, 3.63) is 82.9 Å². The number of hydrogen-bond acceptors (Lipinski definition) is 7. The van der Waals surface area contributed by atoms with Crippen LogP contribution in [0.25, 0.3) is 5.76 Å². The number of carbonyl (C=O) groups excluding carboxylic acids is 2. The van der Waals surface area contributed by atoms with Gasteiger partial charge in [0.2, 0.25) is 0 Å². The summed E-state index contributed by atoms with van der Waals surface area (Å²) in [6.45, 7) is 8.68. The summed E-state index contributed by atoms with van der Waals surface area (Å²) in [5.74, 6) is 0.315. The fourth-order valence-electron chi connectivity index (χ4n) is 4.95. The molecule has 3 aromatic rings. The van der Waals surface area contributed by atoms with Gasteiger partial charge in [0.25, 0.3) is 11.7 Å². The number of nitrogens with zero attached hydrogens (tertiary/aromatic N) is 1. The van der Waals surface area contributed by atoms with E-state index >= 15 is 0 Å². The predicted molar refractivity (Wildman–Crippen MR) is 154 cm³/mol. The lowest BCUT2D eigenvalue weighted by atomic mass is 9.93. The first-order chi connectivity index (χ1) is 19.3. The zero-order valence-electron chi connectivity index (χ0n) is 23.7. The van der Waals surface area contributed by atoms with E-state index < -0.39 is 17.7 Å². The van der Waals surface area contributed by atoms with Gasteiger partial charge >= 0.3 is 0 Å². The molecule has 0 spiro atoms. The number of aliphatic hydroxyl groups excluding tert-OH is 1. The number of rotatable bonds is 10. The highest BCUT2D eigenvalue weighted by atomic mass is 16.5. The predicted octanol–water partition coefficient (Wildman–Crippen LogP) is 6.25. The highest BCUT2D eigenvalue weighted by Gasteiger charge is 2.48. The van der Waals surface area contributed by atoms with Gasteiger partial charge in [-0.1, -0.05) is 32.0 Å². The molecule has 8 heteroatoms. The average molecular weight is 546 g/mol. The van der Waals surface area contributed by atoms with Crippen LogP contribution in [-0.2, 0) is 9.59 Å². The third kappa shape index (κ3) is 5.21. The zero-order chi connectivity index (χ0) is 29.0. The SMILES string of the molecule is CCOc1cc(C2/C(=C(\O)c3ccc(OCC)c(C(C)C)c3)C(=O)C(=O)N2c2ccccc2OC)ccc1OC. The quantitative estimate of drug-likeness (QED) is 0.183. The topological polar surface area (TPSA) is 94.5 Å². The Kier molecular flexibility index (Phi) is 8.67. The summed E-state index contributed by atoms with van der Waals surface area (Å²) in [5, 5.41) is 11.7. The Balaban J connectivity index is 1.99. The van der Waals surface area contributed by atoms with E-state index in [0.29, 0.717) is 53.0 Å². The number of anilines is 1. The largest absolute Gasteiger partial charge is 0.507 e. The summed E-state index contributed by atoms with van der Waals surface area (Å²) in [5.41, 5.74) is 2.21. The van der Waals surface area contributed by atoms with Gasteiger partial charge in [-0.15, -0.1) is 0 Å². The van der Waals surface area contributed by atoms with Crippen LogP contribution in [-0.4, -0.2) is 44.2 Å². The monoisotopic (exact) mass is 545 g/mol. The van der Waals surface area contributed by atoms with Gasteiger partial charge in [-0.3, -0.25) is 14.5 Å². The van der Waals surface area contributed by atoms with E-state index in [4.69, 9.17) is 18.9 Å². The molecule has 1 heterocycles. The van der Waals surface area contributed by atoms with Crippen LogP contribution in [0.4, 0.5) is 5.69 Å². The van der Waals surface area contributed by atoms with Gasteiger partial charge in [0.15, 0.2) is 11.5 Å². The minimum atomic E-state index is -0.963. The van der Waals surface area contributed by atoms with Crippen molar-refractivity contribution >= 4 is 23.1 Å². The normalized spacial score (nSPS) is 16.4. The molecular weight excluding hydrogens is 510 g/mol. The molecule has 4 rings (SSSR count). The molecular formula is C32H35NO7. The number of methoxy groups -OCH3 is 2. The van der Waals surface area contributed by atoms with Gasteiger partial charge in [-0.25, -0.2) is 0 Å². The second kappa shape index (κ2) is 12.2. The van der Waals surface area contributed by atoms with Crippen molar-refractivity contribution < 1.29 is 33.6 Å². The second-order valence-electron chi connectivity index (χ2n) is 9.52. The van der Waals surface area contributed by atoms with Crippen molar-refractivity contribution in [3.63, 3.8) is 0 Å². The van der Waals surface area contributed by atoms with E-state index in [0.717, 1.165) is 5.56 Å². The van der Waals surface area contributed by atoms with Crippen molar-refractivity contribution in [1.82, 2.24) is 0 Å². The molecule has 1 unspecified atom stereocenters. The van der Waals surface area contributed by atoms with Crippen molar-refractivity contribution in [2.24, 2.45) is 0 Å². The molecule has 1 fully saturated rings. The lowest BCUT2D eigenvalue weighted by Gasteiger charge is -2.27. The molecule has 1 N–H and O–H groups in total. The van der Waals surface area contributed by atoms with E-state index in [1.807, 2.05) is 27.7 Å². The molecule has 40 heavy (non-hydrogen) atoms. The highest BCUT2D eigenvalue weighted by Crippen LogP contribution is 2.46. The summed E-state index contributed by atoms with van der Waals surface area (Å²) in [4.78, 5) is 28.7. The van der Waals surface area contributed by atoms with Crippen LogP contribution in [0.1, 0.15) is 56.3 Å². The van der Waals surface area contributed by atoms with Crippen molar-refractivity contribution in [1.29, 1.82) is 0 Å². The summed E-state index contributed by atoms with van der Waals surface area (Å²) < 4.78 is 22.6. The molecule has 0 bridgehead atoms. The van der Waals surface area contributed by atoms with E-state index in [2.05, 4.69) is 0 Å². The molecule has 1 aliphatic heterocycles. The molecule has 1 atom stereocenters. The van der Waals surface area contributed by atoms with Gasteiger partial charge in [0, 0.05) is 5.56 Å². The fraction of sp³-hybridized carbons (Fsp3) is 0.312.